The van der Waals surface area contributed by atoms with Gasteiger partial charge < -0.3 is 5.73 Å². The van der Waals surface area contributed by atoms with Crippen LogP contribution in [0.25, 0.3) is 0 Å². The number of nitrogens with zero attached hydrogens (tertiary/aromatic N) is 2. The lowest BCUT2D eigenvalue weighted by molar-refractivity contribution is 0.657. The van der Waals surface area contributed by atoms with Crippen molar-refractivity contribution in [2.24, 2.45) is 5.73 Å². The molecule has 1 aromatic heterocycles. The van der Waals surface area contributed by atoms with Crippen molar-refractivity contribution in [3.05, 3.63) is 18.0 Å². The minimum absolute atomic E-state index is 0.226. The molecule has 0 aliphatic heterocycles. The van der Waals surface area contributed by atoms with Gasteiger partial charge in [-0.25, -0.2) is 0 Å². The Morgan fingerprint density at radius 2 is 2.45 bits per heavy atom. The largest absolute Gasteiger partial charge is 0.328 e. The van der Waals surface area contributed by atoms with E-state index in [0.29, 0.717) is 0 Å². The first kappa shape index (κ1) is 8.27. The summed E-state index contributed by atoms with van der Waals surface area (Å²) in [6, 6.07) is 0.226. The van der Waals surface area contributed by atoms with Crippen LogP contribution in [0.3, 0.4) is 0 Å². The SMILES string of the molecule is CCn1cc(C[C@@H](C)N)cn1. The smallest absolute Gasteiger partial charge is 0.0522 e. The van der Waals surface area contributed by atoms with E-state index < -0.39 is 0 Å². The minimum atomic E-state index is 0.226. The Labute approximate surface area is 67.2 Å². The molecule has 0 saturated heterocycles. The molecule has 11 heavy (non-hydrogen) atoms. The molecular weight excluding hydrogens is 138 g/mol. The summed E-state index contributed by atoms with van der Waals surface area (Å²) in [5.41, 5.74) is 6.86. The van der Waals surface area contributed by atoms with Crippen LogP contribution in [0.1, 0.15) is 19.4 Å². The maximum Gasteiger partial charge on any atom is 0.0522 e. The van der Waals surface area contributed by atoms with E-state index in [9.17, 15) is 0 Å². The predicted octanol–water partition coefficient (Wildman–Crippen LogP) is 0.793. The van der Waals surface area contributed by atoms with E-state index in [0.717, 1.165) is 13.0 Å². The van der Waals surface area contributed by atoms with Crippen molar-refractivity contribution < 1.29 is 0 Å². The van der Waals surface area contributed by atoms with Crippen molar-refractivity contribution in [1.29, 1.82) is 0 Å². The number of hydrogen-bond donors (Lipinski definition) is 1. The second kappa shape index (κ2) is 3.53. The van der Waals surface area contributed by atoms with E-state index in [4.69, 9.17) is 5.73 Å². The standard InChI is InChI=1S/C8H15N3/c1-3-11-6-8(5-10-11)4-7(2)9/h5-7H,3-4,9H2,1-2H3/t7-/m1/s1. The summed E-state index contributed by atoms with van der Waals surface area (Å²) in [4.78, 5) is 0. The summed E-state index contributed by atoms with van der Waals surface area (Å²) in [7, 11) is 0. The summed E-state index contributed by atoms with van der Waals surface area (Å²) < 4.78 is 1.91. The van der Waals surface area contributed by atoms with E-state index >= 15 is 0 Å². The molecule has 0 aliphatic carbocycles. The maximum atomic E-state index is 5.64. The highest BCUT2D eigenvalue weighted by molar-refractivity contribution is 5.05. The average Bonchev–Trinajstić information content (AvgIpc) is 2.34. The molecule has 0 radical (unpaired) electrons. The van der Waals surface area contributed by atoms with Crippen LogP contribution >= 0.6 is 0 Å². The number of aromatic nitrogens is 2. The summed E-state index contributed by atoms with van der Waals surface area (Å²) in [5.74, 6) is 0. The molecule has 0 saturated carbocycles. The molecule has 0 aromatic carbocycles. The third-order valence-electron chi connectivity index (χ3n) is 1.57. The zero-order chi connectivity index (χ0) is 8.27. The van der Waals surface area contributed by atoms with Gasteiger partial charge in [0.05, 0.1) is 6.20 Å². The summed E-state index contributed by atoms with van der Waals surface area (Å²) in [6.07, 6.45) is 4.84. The first-order valence-electron chi connectivity index (χ1n) is 3.99. The van der Waals surface area contributed by atoms with Gasteiger partial charge in [-0.15, -0.1) is 0 Å². The fourth-order valence-electron chi connectivity index (χ4n) is 1.06. The predicted molar refractivity (Wildman–Crippen MR) is 45.3 cm³/mol. The van der Waals surface area contributed by atoms with E-state index in [1.807, 2.05) is 24.0 Å². The van der Waals surface area contributed by atoms with Crippen LogP contribution < -0.4 is 5.73 Å². The Hall–Kier alpha value is -0.830. The summed E-state index contributed by atoms with van der Waals surface area (Å²) in [6.45, 7) is 5.00. The van der Waals surface area contributed by atoms with Gasteiger partial charge in [0.1, 0.15) is 0 Å². The summed E-state index contributed by atoms with van der Waals surface area (Å²) >= 11 is 0. The Balaban J connectivity index is 2.58. The molecule has 1 atom stereocenters. The highest BCUT2D eigenvalue weighted by atomic mass is 15.3. The molecule has 0 unspecified atom stereocenters. The quantitative estimate of drug-likeness (QED) is 0.697. The van der Waals surface area contributed by atoms with Gasteiger partial charge in [0.25, 0.3) is 0 Å². The second-order valence-corrected chi connectivity index (χ2v) is 2.89. The van der Waals surface area contributed by atoms with Crippen molar-refractivity contribution >= 4 is 0 Å². The molecule has 2 N–H and O–H groups in total. The molecule has 3 nitrogen and oxygen atoms in total. The molecule has 1 rings (SSSR count). The van der Waals surface area contributed by atoms with Crippen molar-refractivity contribution in [3.63, 3.8) is 0 Å². The van der Waals surface area contributed by atoms with E-state index in [-0.39, 0.29) is 6.04 Å². The van der Waals surface area contributed by atoms with Gasteiger partial charge in [-0.2, -0.15) is 5.10 Å². The lowest BCUT2D eigenvalue weighted by Crippen LogP contribution is -2.17. The van der Waals surface area contributed by atoms with Crippen molar-refractivity contribution in [1.82, 2.24) is 9.78 Å². The summed E-state index contributed by atoms with van der Waals surface area (Å²) in [5, 5.41) is 4.15. The number of nitrogens with two attached hydrogens (primary N) is 1. The molecule has 0 aliphatic rings. The molecule has 62 valence electrons. The zero-order valence-electron chi connectivity index (χ0n) is 7.12. The van der Waals surface area contributed by atoms with Gasteiger partial charge in [0, 0.05) is 18.8 Å². The van der Waals surface area contributed by atoms with Gasteiger partial charge in [-0.1, -0.05) is 0 Å². The van der Waals surface area contributed by atoms with Crippen LogP contribution in [-0.4, -0.2) is 15.8 Å². The number of rotatable bonds is 3. The van der Waals surface area contributed by atoms with Crippen LogP contribution in [0.4, 0.5) is 0 Å². The van der Waals surface area contributed by atoms with Crippen molar-refractivity contribution in [2.75, 3.05) is 0 Å². The maximum absolute atomic E-state index is 5.64. The van der Waals surface area contributed by atoms with Gasteiger partial charge >= 0.3 is 0 Å². The fourth-order valence-corrected chi connectivity index (χ4v) is 1.06. The molecule has 0 fully saturated rings. The third-order valence-corrected chi connectivity index (χ3v) is 1.57. The van der Waals surface area contributed by atoms with Gasteiger partial charge in [0.15, 0.2) is 0 Å². The van der Waals surface area contributed by atoms with E-state index in [2.05, 4.69) is 12.0 Å². The van der Waals surface area contributed by atoms with Crippen LogP contribution in [0.2, 0.25) is 0 Å². The van der Waals surface area contributed by atoms with Crippen LogP contribution in [0.5, 0.6) is 0 Å². The lowest BCUT2D eigenvalue weighted by Gasteiger charge is -1.99. The molecule has 1 heterocycles. The van der Waals surface area contributed by atoms with Crippen molar-refractivity contribution in [3.8, 4) is 0 Å². The van der Waals surface area contributed by atoms with Crippen LogP contribution in [0, 0.1) is 0 Å². The molecule has 1 aromatic rings. The Bertz CT molecular complexity index is 215. The molecule has 0 amide bonds. The molecule has 0 bridgehead atoms. The van der Waals surface area contributed by atoms with Gasteiger partial charge in [-0.05, 0) is 25.8 Å². The third kappa shape index (κ3) is 2.35. The Morgan fingerprint density at radius 3 is 2.91 bits per heavy atom. The van der Waals surface area contributed by atoms with E-state index in [1.54, 1.807) is 0 Å². The van der Waals surface area contributed by atoms with Crippen LogP contribution in [0.15, 0.2) is 12.4 Å². The molecule has 3 heteroatoms. The monoisotopic (exact) mass is 153 g/mol. The first-order chi connectivity index (χ1) is 5.22. The Kier molecular flexibility index (Phi) is 2.65. The fraction of sp³-hybridized carbons (Fsp3) is 0.625. The number of aryl methyl sites for hydroxylation is 1. The highest BCUT2D eigenvalue weighted by Gasteiger charge is 1.99. The molecular formula is C8H15N3. The first-order valence-corrected chi connectivity index (χ1v) is 3.99. The zero-order valence-corrected chi connectivity index (χ0v) is 7.12. The molecule has 0 spiro atoms. The second-order valence-electron chi connectivity index (χ2n) is 2.89. The van der Waals surface area contributed by atoms with Gasteiger partial charge in [-0.3, -0.25) is 4.68 Å². The number of hydrogen-bond acceptors (Lipinski definition) is 2. The topological polar surface area (TPSA) is 43.8 Å². The average molecular weight is 153 g/mol. The van der Waals surface area contributed by atoms with Crippen molar-refractivity contribution in [2.45, 2.75) is 32.9 Å². The minimum Gasteiger partial charge on any atom is -0.328 e. The van der Waals surface area contributed by atoms with Gasteiger partial charge in [0.2, 0.25) is 0 Å². The van der Waals surface area contributed by atoms with Crippen LogP contribution in [-0.2, 0) is 13.0 Å². The Morgan fingerprint density at radius 1 is 1.73 bits per heavy atom. The highest BCUT2D eigenvalue weighted by Crippen LogP contribution is 2.00. The lowest BCUT2D eigenvalue weighted by atomic mass is 10.1. The van der Waals surface area contributed by atoms with E-state index in [1.165, 1.54) is 5.56 Å². The normalized spacial score (nSPS) is 13.4.